The standard InChI is InChI=1S/C13H23N3/c1-11-12(14)7-5-8-13(11)16(4)10-6-9-15(2)3/h5,7-8H,6,9-10,14H2,1-4H3. The molecule has 0 bridgehead atoms. The van der Waals surface area contributed by atoms with Crippen LogP contribution >= 0.6 is 0 Å². The molecule has 0 saturated carbocycles. The maximum Gasteiger partial charge on any atom is 0.0414 e. The Morgan fingerprint density at radius 3 is 2.44 bits per heavy atom. The van der Waals surface area contributed by atoms with Crippen LogP contribution in [-0.4, -0.2) is 39.1 Å². The molecule has 0 atom stereocenters. The highest BCUT2D eigenvalue weighted by molar-refractivity contribution is 5.63. The van der Waals surface area contributed by atoms with Crippen molar-refractivity contribution in [1.29, 1.82) is 0 Å². The third-order valence-electron chi connectivity index (χ3n) is 2.86. The zero-order valence-corrected chi connectivity index (χ0v) is 10.8. The number of nitrogens with two attached hydrogens (primary N) is 1. The van der Waals surface area contributed by atoms with Crippen molar-refractivity contribution in [2.45, 2.75) is 13.3 Å². The number of nitrogen functional groups attached to an aromatic ring is 1. The van der Waals surface area contributed by atoms with Gasteiger partial charge >= 0.3 is 0 Å². The maximum atomic E-state index is 5.90. The summed E-state index contributed by atoms with van der Waals surface area (Å²) in [5.74, 6) is 0. The van der Waals surface area contributed by atoms with Gasteiger partial charge in [0.1, 0.15) is 0 Å². The first-order valence-corrected chi connectivity index (χ1v) is 5.73. The highest BCUT2D eigenvalue weighted by atomic mass is 15.1. The zero-order chi connectivity index (χ0) is 12.1. The summed E-state index contributed by atoms with van der Waals surface area (Å²) in [6, 6.07) is 6.09. The Kier molecular flexibility index (Phi) is 4.62. The summed E-state index contributed by atoms with van der Waals surface area (Å²) in [5.41, 5.74) is 9.18. The van der Waals surface area contributed by atoms with Crippen molar-refractivity contribution in [3.8, 4) is 0 Å². The van der Waals surface area contributed by atoms with Gasteiger partial charge < -0.3 is 15.5 Å². The smallest absolute Gasteiger partial charge is 0.0414 e. The van der Waals surface area contributed by atoms with E-state index in [1.807, 2.05) is 12.1 Å². The van der Waals surface area contributed by atoms with Gasteiger partial charge in [0.25, 0.3) is 0 Å². The molecule has 1 aromatic carbocycles. The molecule has 1 rings (SSSR count). The summed E-state index contributed by atoms with van der Waals surface area (Å²) < 4.78 is 0. The van der Waals surface area contributed by atoms with E-state index in [2.05, 4.69) is 43.9 Å². The first kappa shape index (κ1) is 12.8. The normalized spacial score (nSPS) is 10.8. The summed E-state index contributed by atoms with van der Waals surface area (Å²) in [5, 5.41) is 0. The molecule has 0 spiro atoms. The summed E-state index contributed by atoms with van der Waals surface area (Å²) >= 11 is 0. The second-order valence-corrected chi connectivity index (χ2v) is 4.57. The fraction of sp³-hybridized carbons (Fsp3) is 0.538. The van der Waals surface area contributed by atoms with Gasteiger partial charge in [-0.05, 0) is 51.7 Å². The van der Waals surface area contributed by atoms with Gasteiger partial charge in [-0.3, -0.25) is 0 Å². The van der Waals surface area contributed by atoms with Crippen molar-refractivity contribution >= 4 is 11.4 Å². The minimum Gasteiger partial charge on any atom is -0.398 e. The van der Waals surface area contributed by atoms with Crippen molar-refractivity contribution in [3.05, 3.63) is 23.8 Å². The molecule has 0 unspecified atom stereocenters. The summed E-state index contributed by atoms with van der Waals surface area (Å²) in [6.45, 7) is 4.25. The molecular weight excluding hydrogens is 198 g/mol. The Balaban J connectivity index is 2.59. The van der Waals surface area contributed by atoms with Gasteiger partial charge in [-0.1, -0.05) is 6.07 Å². The highest BCUT2D eigenvalue weighted by Gasteiger charge is 2.06. The molecule has 0 saturated heterocycles. The third-order valence-corrected chi connectivity index (χ3v) is 2.86. The Bertz CT molecular complexity index is 334. The Hall–Kier alpha value is -1.22. The molecular formula is C13H23N3. The fourth-order valence-electron chi connectivity index (χ4n) is 1.80. The van der Waals surface area contributed by atoms with E-state index in [0.29, 0.717) is 0 Å². The van der Waals surface area contributed by atoms with Crippen LogP contribution < -0.4 is 10.6 Å². The van der Waals surface area contributed by atoms with Gasteiger partial charge in [0.2, 0.25) is 0 Å². The van der Waals surface area contributed by atoms with Crippen LogP contribution in [0.1, 0.15) is 12.0 Å². The average Bonchev–Trinajstić information content (AvgIpc) is 2.21. The lowest BCUT2D eigenvalue weighted by atomic mass is 10.1. The summed E-state index contributed by atoms with van der Waals surface area (Å²) in [7, 11) is 6.33. The number of benzene rings is 1. The van der Waals surface area contributed by atoms with E-state index >= 15 is 0 Å². The average molecular weight is 221 g/mol. The molecule has 0 aliphatic rings. The maximum absolute atomic E-state index is 5.90. The molecule has 16 heavy (non-hydrogen) atoms. The Morgan fingerprint density at radius 1 is 1.12 bits per heavy atom. The summed E-state index contributed by atoms with van der Waals surface area (Å²) in [4.78, 5) is 4.48. The van der Waals surface area contributed by atoms with Crippen LogP contribution in [0.3, 0.4) is 0 Å². The number of anilines is 2. The van der Waals surface area contributed by atoms with E-state index in [4.69, 9.17) is 5.73 Å². The number of nitrogens with zero attached hydrogens (tertiary/aromatic N) is 2. The first-order valence-electron chi connectivity index (χ1n) is 5.73. The molecule has 0 aromatic heterocycles. The molecule has 0 amide bonds. The van der Waals surface area contributed by atoms with E-state index in [0.717, 1.165) is 25.2 Å². The van der Waals surface area contributed by atoms with Crippen LogP contribution in [0.2, 0.25) is 0 Å². The van der Waals surface area contributed by atoms with Crippen molar-refractivity contribution in [3.63, 3.8) is 0 Å². The van der Waals surface area contributed by atoms with E-state index in [-0.39, 0.29) is 0 Å². The molecule has 3 nitrogen and oxygen atoms in total. The van der Waals surface area contributed by atoms with Gasteiger partial charge in [-0.25, -0.2) is 0 Å². The van der Waals surface area contributed by atoms with E-state index in [9.17, 15) is 0 Å². The lowest BCUT2D eigenvalue weighted by Gasteiger charge is -2.23. The van der Waals surface area contributed by atoms with Crippen LogP contribution in [0.5, 0.6) is 0 Å². The predicted octanol–water partition coefficient (Wildman–Crippen LogP) is 1.97. The molecule has 90 valence electrons. The molecule has 0 aliphatic heterocycles. The Morgan fingerprint density at radius 2 is 1.81 bits per heavy atom. The van der Waals surface area contributed by atoms with Crippen molar-refractivity contribution in [2.75, 3.05) is 44.9 Å². The molecule has 0 heterocycles. The minimum atomic E-state index is 0.872. The second kappa shape index (κ2) is 5.75. The monoisotopic (exact) mass is 221 g/mol. The molecule has 0 fully saturated rings. The molecule has 2 N–H and O–H groups in total. The van der Waals surface area contributed by atoms with Gasteiger partial charge in [0.15, 0.2) is 0 Å². The van der Waals surface area contributed by atoms with Crippen molar-refractivity contribution < 1.29 is 0 Å². The Labute approximate surface area is 98.8 Å². The number of rotatable bonds is 5. The van der Waals surface area contributed by atoms with Crippen LogP contribution in [0.4, 0.5) is 11.4 Å². The van der Waals surface area contributed by atoms with E-state index < -0.39 is 0 Å². The lowest BCUT2D eigenvalue weighted by Crippen LogP contribution is -2.24. The first-order chi connectivity index (χ1) is 7.52. The van der Waals surface area contributed by atoms with E-state index in [1.165, 1.54) is 11.3 Å². The molecule has 0 aliphatic carbocycles. The third kappa shape index (κ3) is 3.42. The highest BCUT2D eigenvalue weighted by Crippen LogP contribution is 2.23. The summed E-state index contributed by atoms with van der Waals surface area (Å²) in [6.07, 6.45) is 1.16. The van der Waals surface area contributed by atoms with Crippen LogP contribution in [0, 0.1) is 6.92 Å². The van der Waals surface area contributed by atoms with Gasteiger partial charge in [0.05, 0.1) is 0 Å². The molecule has 0 radical (unpaired) electrons. The van der Waals surface area contributed by atoms with Gasteiger partial charge in [-0.15, -0.1) is 0 Å². The zero-order valence-electron chi connectivity index (χ0n) is 10.8. The van der Waals surface area contributed by atoms with E-state index in [1.54, 1.807) is 0 Å². The van der Waals surface area contributed by atoms with Crippen LogP contribution in [0.25, 0.3) is 0 Å². The lowest BCUT2D eigenvalue weighted by molar-refractivity contribution is 0.401. The predicted molar refractivity (Wildman–Crippen MR) is 72.0 cm³/mol. The second-order valence-electron chi connectivity index (χ2n) is 4.57. The van der Waals surface area contributed by atoms with Gasteiger partial charge in [-0.2, -0.15) is 0 Å². The number of hydrogen-bond donors (Lipinski definition) is 1. The SMILES string of the molecule is Cc1c(N)cccc1N(C)CCCN(C)C. The number of hydrogen-bond acceptors (Lipinski definition) is 3. The largest absolute Gasteiger partial charge is 0.398 e. The van der Waals surface area contributed by atoms with Gasteiger partial charge in [0, 0.05) is 25.0 Å². The van der Waals surface area contributed by atoms with Crippen molar-refractivity contribution in [1.82, 2.24) is 4.90 Å². The van der Waals surface area contributed by atoms with Crippen LogP contribution in [0.15, 0.2) is 18.2 Å². The molecule has 3 heteroatoms. The minimum absolute atomic E-state index is 0.872. The quantitative estimate of drug-likeness (QED) is 0.772. The molecule has 1 aromatic rings. The van der Waals surface area contributed by atoms with Crippen molar-refractivity contribution in [2.24, 2.45) is 0 Å². The van der Waals surface area contributed by atoms with Crippen LogP contribution in [-0.2, 0) is 0 Å². The fourth-order valence-corrected chi connectivity index (χ4v) is 1.80. The topological polar surface area (TPSA) is 32.5 Å².